The molecule has 0 aromatic rings. The van der Waals surface area contributed by atoms with E-state index in [0.717, 1.165) is 25.7 Å². The van der Waals surface area contributed by atoms with Crippen LogP contribution in [0.4, 0.5) is 0 Å². The van der Waals surface area contributed by atoms with E-state index in [2.05, 4.69) is 40.4 Å². The van der Waals surface area contributed by atoms with E-state index in [0.29, 0.717) is 18.9 Å². The number of hydrogen-bond acceptors (Lipinski definition) is 5. The van der Waals surface area contributed by atoms with E-state index in [4.69, 9.17) is 13.9 Å². The van der Waals surface area contributed by atoms with E-state index in [1.165, 1.54) is 12.5 Å². The molecule has 2 aliphatic carbocycles. The molecule has 2 aliphatic rings. The molecule has 0 N–H and O–H groups in total. The SMILES string of the molecule is CCOC(=O)C[C@@H]1C(=CO[Si](C)(C)C)CC[C@H]2C(C)(C)[C@@H](OC(C)=O)CC[C@]12C. The van der Waals surface area contributed by atoms with Crippen LogP contribution in [0.2, 0.25) is 19.6 Å². The van der Waals surface area contributed by atoms with Crippen LogP contribution in [0.15, 0.2) is 11.8 Å². The third kappa shape index (κ3) is 5.44. The number of fused-ring (bicyclic) bond motifs is 1. The van der Waals surface area contributed by atoms with Crippen molar-refractivity contribution in [3.05, 3.63) is 11.8 Å². The molecule has 2 fully saturated rings. The van der Waals surface area contributed by atoms with Gasteiger partial charge in [0.1, 0.15) is 6.10 Å². The minimum Gasteiger partial charge on any atom is -0.550 e. The Morgan fingerprint density at radius 1 is 1.17 bits per heavy atom. The van der Waals surface area contributed by atoms with E-state index in [1.807, 2.05) is 13.2 Å². The summed E-state index contributed by atoms with van der Waals surface area (Å²) in [5, 5.41) is 0. The number of esters is 2. The molecule has 29 heavy (non-hydrogen) atoms. The normalized spacial score (nSPS) is 33.0. The highest BCUT2D eigenvalue weighted by Crippen LogP contribution is 2.62. The first kappa shape index (κ1) is 24.0. The minimum atomic E-state index is -1.70. The van der Waals surface area contributed by atoms with Gasteiger partial charge in [-0.15, -0.1) is 0 Å². The van der Waals surface area contributed by atoms with E-state index < -0.39 is 8.32 Å². The molecule has 0 amide bonds. The topological polar surface area (TPSA) is 61.8 Å². The van der Waals surface area contributed by atoms with Crippen LogP contribution in [-0.2, 0) is 23.5 Å². The molecule has 5 nitrogen and oxygen atoms in total. The van der Waals surface area contributed by atoms with Gasteiger partial charge in [0.05, 0.1) is 19.3 Å². The van der Waals surface area contributed by atoms with Gasteiger partial charge in [-0.25, -0.2) is 0 Å². The molecule has 0 aliphatic heterocycles. The summed E-state index contributed by atoms with van der Waals surface area (Å²) in [5.74, 6) is 0.0960. The van der Waals surface area contributed by atoms with Crippen molar-refractivity contribution >= 4 is 20.3 Å². The van der Waals surface area contributed by atoms with Crippen LogP contribution < -0.4 is 0 Å². The fraction of sp³-hybridized carbons (Fsp3) is 0.826. The van der Waals surface area contributed by atoms with Gasteiger partial charge in [0, 0.05) is 12.3 Å². The Morgan fingerprint density at radius 3 is 2.38 bits per heavy atom. The summed E-state index contributed by atoms with van der Waals surface area (Å²) in [7, 11) is -1.70. The molecule has 0 aromatic carbocycles. The van der Waals surface area contributed by atoms with Crippen molar-refractivity contribution in [1.29, 1.82) is 0 Å². The maximum absolute atomic E-state index is 12.5. The Hall–Kier alpha value is -1.30. The molecule has 2 saturated carbocycles. The molecule has 0 bridgehead atoms. The highest BCUT2D eigenvalue weighted by molar-refractivity contribution is 6.69. The van der Waals surface area contributed by atoms with Crippen LogP contribution >= 0.6 is 0 Å². The van der Waals surface area contributed by atoms with Crippen LogP contribution in [0.1, 0.15) is 66.7 Å². The zero-order valence-electron chi connectivity index (χ0n) is 19.6. The summed E-state index contributed by atoms with van der Waals surface area (Å²) in [6.07, 6.45) is 5.94. The molecule has 0 aromatic heterocycles. The van der Waals surface area contributed by atoms with Crippen LogP contribution in [0.5, 0.6) is 0 Å². The molecular weight excluding hydrogens is 384 g/mol. The van der Waals surface area contributed by atoms with E-state index in [-0.39, 0.29) is 34.8 Å². The Kier molecular flexibility index (Phi) is 7.29. The van der Waals surface area contributed by atoms with Crippen molar-refractivity contribution in [2.75, 3.05) is 6.61 Å². The standard InChI is InChI=1S/C23H40O5Si/c1-9-26-21(25)14-18-17(15-27-29(6,7)8)10-11-19-22(3,4)20(28-16(2)24)12-13-23(18,19)5/h15,18-20H,9-14H2,1-8H3/t18-,19+,20+,23-/m1/s1. The first-order valence-corrected chi connectivity index (χ1v) is 14.4. The van der Waals surface area contributed by atoms with Crippen LogP contribution in [-0.4, -0.2) is 33.0 Å². The average molecular weight is 425 g/mol. The summed E-state index contributed by atoms with van der Waals surface area (Å²) < 4.78 is 17.2. The van der Waals surface area contributed by atoms with Crippen molar-refractivity contribution in [2.45, 2.75) is 92.5 Å². The fourth-order valence-corrected chi connectivity index (χ4v) is 6.15. The third-order valence-corrected chi connectivity index (χ3v) is 7.81. The van der Waals surface area contributed by atoms with Gasteiger partial charge >= 0.3 is 11.9 Å². The second kappa shape index (κ2) is 8.82. The Bertz CT molecular complexity index is 648. The highest BCUT2D eigenvalue weighted by Gasteiger charge is 2.57. The molecule has 0 heterocycles. The fourth-order valence-electron chi connectivity index (χ4n) is 5.65. The number of rotatable bonds is 6. The molecule has 4 atom stereocenters. The number of carbonyl (C=O) groups is 2. The van der Waals surface area contributed by atoms with Crippen LogP contribution in [0.25, 0.3) is 0 Å². The van der Waals surface area contributed by atoms with E-state index >= 15 is 0 Å². The predicted octanol–water partition coefficient (Wildman–Crippen LogP) is 5.46. The Balaban J connectivity index is 2.38. The quantitative estimate of drug-likeness (QED) is 0.322. The van der Waals surface area contributed by atoms with Gasteiger partial charge in [0.2, 0.25) is 8.32 Å². The monoisotopic (exact) mass is 424 g/mol. The van der Waals surface area contributed by atoms with Crippen molar-refractivity contribution in [3.63, 3.8) is 0 Å². The summed E-state index contributed by atoms with van der Waals surface area (Å²) in [5.41, 5.74) is 1.04. The van der Waals surface area contributed by atoms with Gasteiger partial charge in [0.15, 0.2) is 0 Å². The maximum atomic E-state index is 12.5. The number of carbonyl (C=O) groups excluding carboxylic acids is 2. The molecule has 6 heteroatoms. The van der Waals surface area contributed by atoms with Crippen molar-refractivity contribution in [2.24, 2.45) is 22.7 Å². The lowest BCUT2D eigenvalue weighted by Gasteiger charge is -2.59. The van der Waals surface area contributed by atoms with E-state index in [1.54, 1.807) is 0 Å². The second-order valence-electron chi connectivity index (χ2n) is 10.5. The van der Waals surface area contributed by atoms with Crippen LogP contribution in [0.3, 0.4) is 0 Å². The largest absolute Gasteiger partial charge is 0.550 e. The smallest absolute Gasteiger partial charge is 0.306 e. The Morgan fingerprint density at radius 2 is 1.83 bits per heavy atom. The lowest BCUT2D eigenvalue weighted by molar-refractivity contribution is -0.175. The predicted molar refractivity (Wildman–Crippen MR) is 117 cm³/mol. The molecule has 166 valence electrons. The average Bonchev–Trinajstić information content (AvgIpc) is 2.57. The molecular formula is C23H40O5Si. The number of ether oxygens (including phenoxy) is 2. The maximum Gasteiger partial charge on any atom is 0.306 e. The van der Waals surface area contributed by atoms with Crippen molar-refractivity contribution in [1.82, 2.24) is 0 Å². The lowest BCUT2D eigenvalue weighted by atomic mass is 9.46. The van der Waals surface area contributed by atoms with Crippen LogP contribution in [0, 0.1) is 22.7 Å². The summed E-state index contributed by atoms with van der Waals surface area (Å²) >= 11 is 0. The Labute approximate surface area is 177 Å². The first-order valence-electron chi connectivity index (χ1n) is 11.0. The molecule has 0 saturated heterocycles. The highest BCUT2D eigenvalue weighted by atomic mass is 28.4. The zero-order valence-corrected chi connectivity index (χ0v) is 20.6. The molecule has 0 unspecified atom stereocenters. The molecule has 2 rings (SSSR count). The van der Waals surface area contributed by atoms with Crippen molar-refractivity contribution < 1.29 is 23.5 Å². The second-order valence-corrected chi connectivity index (χ2v) is 15.0. The van der Waals surface area contributed by atoms with Crippen molar-refractivity contribution in [3.8, 4) is 0 Å². The van der Waals surface area contributed by atoms with Gasteiger partial charge in [-0.1, -0.05) is 20.8 Å². The third-order valence-electron chi connectivity index (χ3n) is 6.98. The summed E-state index contributed by atoms with van der Waals surface area (Å²) in [4.78, 5) is 24.1. The summed E-state index contributed by atoms with van der Waals surface area (Å²) in [6, 6.07) is 0. The van der Waals surface area contributed by atoms with Gasteiger partial charge in [0.25, 0.3) is 0 Å². The van der Waals surface area contributed by atoms with Gasteiger partial charge in [-0.2, -0.15) is 0 Å². The lowest BCUT2D eigenvalue weighted by Crippen LogP contribution is -2.56. The van der Waals surface area contributed by atoms with Gasteiger partial charge in [-0.05, 0) is 75.1 Å². The van der Waals surface area contributed by atoms with Gasteiger partial charge < -0.3 is 13.9 Å². The summed E-state index contributed by atoms with van der Waals surface area (Å²) in [6.45, 7) is 17.0. The first-order chi connectivity index (χ1) is 13.3. The number of allylic oxidation sites excluding steroid dienone is 1. The van der Waals surface area contributed by atoms with E-state index in [9.17, 15) is 9.59 Å². The molecule has 0 spiro atoms. The zero-order chi connectivity index (χ0) is 22.0. The van der Waals surface area contributed by atoms with Gasteiger partial charge in [-0.3, -0.25) is 9.59 Å². The number of hydrogen-bond donors (Lipinski definition) is 0. The minimum absolute atomic E-state index is 0.0558. The molecule has 0 radical (unpaired) electrons.